The normalized spacial score (nSPS) is 10.3. The number of benzene rings is 2. The molecule has 0 unspecified atom stereocenters. The number of hydrogen-bond acceptors (Lipinski definition) is 4. The van der Waals surface area contributed by atoms with Crippen LogP contribution in [0, 0.1) is 0 Å². The smallest absolute Gasteiger partial charge is 0.335 e. The number of hydrogen-bond donors (Lipinski definition) is 2. The Hall–Kier alpha value is -2.86. The Labute approximate surface area is 146 Å². The Kier molecular flexibility index (Phi) is 6.98. The second-order valence-corrected chi connectivity index (χ2v) is 5.38. The van der Waals surface area contributed by atoms with Crippen LogP contribution in [-0.2, 0) is 11.2 Å². The molecule has 2 aromatic rings. The summed E-state index contributed by atoms with van der Waals surface area (Å²) in [6, 6.07) is 13.6. The van der Waals surface area contributed by atoms with Gasteiger partial charge in [-0.15, -0.1) is 0 Å². The lowest BCUT2D eigenvalue weighted by molar-refractivity contribution is 0.0696. The number of nitrogens with one attached hydrogen (secondary N) is 1. The molecule has 6 heteroatoms. The van der Waals surface area contributed by atoms with E-state index in [4.69, 9.17) is 14.6 Å². The van der Waals surface area contributed by atoms with E-state index in [0.717, 1.165) is 5.56 Å². The first-order valence-electron chi connectivity index (χ1n) is 7.92. The third-order valence-electron chi connectivity index (χ3n) is 3.55. The third kappa shape index (κ3) is 5.93. The summed E-state index contributed by atoms with van der Waals surface area (Å²) in [7, 11) is 1.61. The highest BCUT2D eigenvalue weighted by Gasteiger charge is 2.06. The molecule has 0 atom stereocenters. The van der Waals surface area contributed by atoms with E-state index in [2.05, 4.69) is 5.32 Å². The Morgan fingerprint density at radius 2 is 1.80 bits per heavy atom. The van der Waals surface area contributed by atoms with Crippen LogP contribution in [0.5, 0.6) is 5.75 Å². The first kappa shape index (κ1) is 18.5. The van der Waals surface area contributed by atoms with Crippen molar-refractivity contribution in [1.29, 1.82) is 0 Å². The van der Waals surface area contributed by atoms with Crippen LogP contribution < -0.4 is 10.1 Å². The van der Waals surface area contributed by atoms with Gasteiger partial charge >= 0.3 is 5.97 Å². The molecule has 2 rings (SSSR count). The third-order valence-corrected chi connectivity index (χ3v) is 3.55. The highest BCUT2D eigenvalue weighted by atomic mass is 16.5. The summed E-state index contributed by atoms with van der Waals surface area (Å²) in [6.45, 7) is 1.39. The molecule has 0 saturated heterocycles. The molecule has 132 valence electrons. The van der Waals surface area contributed by atoms with E-state index in [1.165, 1.54) is 0 Å². The minimum Gasteiger partial charge on any atom is -0.491 e. The largest absolute Gasteiger partial charge is 0.491 e. The van der Waals surface area contributed by atoms with Gasteiger partial charge in [-0.25, -0.2) is 4.79 Å². The topological polar surface area (TPSA) is 84.9 Å². The summed E-state index contributed by atoms with van der Waals surface area (Å²) in [5.74, 6) is -0.462. The van der Waals surface area contributed by atoms with Crippen molar-refractivity contribution in [3.63, 3.8) is 0 Å². The molecule has 2 aromatic carbocycles. The van der Waals surface area contributed by atoms with Crippen LogP contribution in [0.4, 0.5) is 0 Å². The average Bonchev–Trinajstić information content (AvgIpc) is 2.62. The van der Waals surface area contributed by atoms with Crippen LogP contribution in [0.25, 0.3) is 0 Å². The van der Waals surface area contributed by atoms with Crippen molar-refractivity contribution in [2.24, 2.45) is 0 Å². The minimum absolute atomic E-state index is 0.183. The predicted molar refractivity (Wildman–Crippen MR) is 93.3 cm³/mol. The van der Waals surface area contributed by atoms with E-state index in [-0.39, 0.29) is 11.5 Å². The molecule has 0 bridgehead atoms. The molecule has 1 amide bonds. The first-order valence-corrected chi connectivity index (χ1v) is 7.92. The molecule has 0 aromatic heterocycles. The van der Waals surface area contributed by atoms with Gasteiger partial charge in [0.15, 0.2) is 0 Å². The Bertz CT molecular complexity index is 712. The van der Waals surface area contributed by atoms with Crippen LogP contribution in [0.3, 0.4) is 0 Å². The fourth-order valence-electron chi connectivity index (χ4n) is 2.23. The maximum atomic E-state index is 12.1. The lowest BCUT2D eigenvalue weighted by atomic mass is 10.1. The van der Waals surface area contributed by atoms with Gasteiger partial charge in [-0.2, -0.15) is 0 Å². The van der Waals surface area contributed by atoms with Crippen LogP contribution in [0.15, 0.2) is 48.5 Å². The van der Waals surface area contributed by atoms with Gasteiger partial charge in [-0.3, -0.25) is 4.79 Å². The molecule has 6 nitrogen and oxygen atoms in total. The lowest BCUT2D eigenvalue weighted by Crippen LogP contribution is -2.25. The van der Waals surface area contributed by atoms with Gasteiger partial charge in [0.2, 0.25) is 0 Å². The highest BCUT2D eigenvalue weighted by Crippen LogP contribution is 2.12. The van der Waals surface area contributed by atoms with Crippen molar-refractivity contribution < 1.29 is 24.2 Å². The summed E-state index contributed by atoms with van der Waals surface area (Å²) in [5, 5.41) is 11.8. The van der Waals surface area contributed by atoms with E-state index in [9.17, 15) is 9.59 Å². The Morgan fingerprint density at radius 3 is 2.48 bits per heavy atom. The van der Waals surface area contributed by atoms with Crippen molar-refractivity contribution in [3.05, 3.63) is 65.2 Å². The van der Waals surface area contributed by atoms with Gasteiger partial charge in [-0.1, -0.05) is 12.1 Å². The maximum Gasteiger partial charge on any atom is 0.335 e. The second-order valence-electron chi connectivity index (χ2n) is 5.38. The van der Waals surface area contributed by atoms with Crippen molar-refractivity contribution in [1.82, 2.24) is 5.32 Å². The van der Waals surface area contributed by atoms with E-state index in [1.54, 1.807) is 49.6 Å². The van der Waals surface area contributed by atoms with Crippen LogP contribution in [0.1, 0.15) is 26.3 Å². The van der Waals surface area contributed by atoms with Gasteiger partial charge in [-0.05, 0) is 48.4 Å². The quantitative estimate of drug-likeness (QED) is 0.683. The average molecular weight is 343 g/mol. The lowest BCUT2D eigenvalue weighted by Gasteiger charge is -2.08. The minimum atomic E-state index is -0.960. The number of amides is 1. The number of rotatable bonds is 9. The van der Waals surface area contributed by atoms with Crippen LogP contribution in [0.2, 0.25) is 0 Å². The van der Waals surface area contributed by atoms with Crippen LogP contribution >= 0.6 is 0 Å². The fraction of sp³-hybridized carbons (Fsp3) is 0.263. The van der Waals surface area contributed by atoms with E-state index in [0.29, 0.717) is 37.5 Å². The fourth-order valence-corrected chi connectivity index (χ4v) is 2.23. The zero-order valence-corrected chi connectivity index (χ0v) is 14.0. The molecular formula is C19H21NO5. The SMILES string of the molecule is COCCOc1ccc(C(=O)NCCc2cccc(C(=O)O)c2)cc1. The van der Waals surface area contributed by atoms with E-state index in [1.807, 2.05) is 6.07 Å². The molecule has 0 heterocycles. The monoisotopic (exact) mass is 343 g/mol. The number of carboxylic acid groups (broad SMARTS) is 1. The molecular weight excluding hydrogens is 322 g/mol. The molecule has 25 heavy (non-hydrogen) atoms. The predicted octanol–water partition coefficient (Wildman–Crippen LogP) is 2.38. The molecule has 0 aliphatic carbocycles. The standard InChI is InChI=1S/C19H21NO5/c1-24-11-12-25-17-7-5-15(6-8-17)18(21)20-10-9-14-3-2-4-16(13-14)19(22)23/h2-8,13H,9-12H2,1H3,(H,20,21)(H,22,23). The maximum absolute atomic E-state index is 12.1. The number of carbonyl (C=O) groups is 2. The molecule has 0 aliphatic rings. The Balaban J connectivity index is 1.82. The molecule has 0 aliphatic heterocycles. The van der Waals surface area contributed by atoms with Crippen LogP contribution in [-0.4, -0.2) is 43.9 Å². The van der Waals surface area contributed by atoms with Crippen molar-refractivity contribution >= 4 is 11.9 Å². The highest BCUT2D eigenvalue weighted by molar-refractivity contribution is 5.94. The summed E-state index contributed by atoms with van der Waals surface area (Å²) < 4.78 is 10.4. The zero-order valence-electron chi connectivity index (χ0n) is 14.0. The summed E-state index contributed by atoms with van der Waals surface area (Å²) in [5.41, 5.74) is 1.65. The van der Waals surface area contributed by atoms with Gasteiger partial charge in [0.1, 0.15) is 12.4 Å². The number of methoxy groups -OCH3 is 1. The molecule has 0 radical (unpaired) electrons. The number of ether oxygens (including phenoxy) is 2. The summed E-state index contributed by atoms with van der Waals surface area (Å²) in [6.07, 6.45) is 0.561. The summed E-state index contributed by atoms with van der Waals surface area (Å²) >= 11 is 0. The second kappa shape index (κ2) is 9.44. The molecule has 0 saturated carbocycles. The van der Waals surface area contributed by atoms with E-state index >= 15 is 0 Å². The Morgan fingerprint density at radius 1 is 1.04 bits per heavy atom. The van der Waals surface area contributed by atoms with Gasteiger partial charge in [0.25, 0.3) is 5.91 Å². The number of carboxylic acids is 1. The number of carbonyl (C=O) groups excluding carboxylic acids is 1. The van der Waals surface area contributed by atoms with Gasteiger partial charge in [0, 0.05) is 19.2 Å². The van der Waals surface area contributed by atoms with Gasteiger partial charge < -0.3 is 19.9 Å². The zero-order chi connectivity index (χ0) is 18.1. The molecule has 0 spiro atoms. The van der Waals surface area contributed by atoms with E-state index < -0.39 is 5.97 Å². The molecule has 0 fully saturated rings. The molecule has 2 N–H and O–H groups in total. The van der Waals surface area contributed by atoms with Gasteiger partial charge in [0.05, 0.1) is 12.2 Å². The first-order chi connectivity index (χ1) is 12.1. The van der Waals surface area contributed by atoms with Crippen molar-refractivity contribution in [3.8, 4) is 5.75 Å². The van der Waals surface area contributed by atoms with Crippen molar-refractivity contribution in [2.75, 3.05) is 26.9 Å². The summed E-state index contributed by atoms with van der Waals surface area (Å²) in [4.78, 5) is 23.1. The number of aromatic carboxylic acids is 1. The van der Waals surface area contributed by atoms with Crippen molar-refractivity contribution in [2.45, 2.75) is 6.42 Å².